The maximum Gasteiger partial charge on any atom is 0.0475 e. The highest BCUT2D eigenvalue weighted by Gasteiger charge is 2.40. The van der Waals surface area contributed by atoms with E-state index in [0.29, 0.717) is 6.04 Å². The molecule has 1 saturated carbocycles. The molecule has 3 atom stereocenters. The van der Waals surface area contributed by atoms with E-state index in [1.165, 1.54) is 31.4 Å². The summed E-state index contributed by atoms with van der Waals surface area (Å²) in [5.74, 6) is 0.975. The van der Waals surface area contributed by atoms with Crippen LogP contribution in [0.3, 0.4) is 0 Å². The Labute approximate surface area is 104 Å². The quantitative estimate of drug-likeness (QED) is 0.854. The largest absolute Gasteiger partial charge is 0.318 e. The number of benzene rings is 1. The number of likely N-dealkylation sites (N-methyl/N-ethyl adjacent to an activating group) is 1. The Bertz CT molecular complexity index is 362. The number of nitrogens with zero attached hydrogens (tertiary/aromatic N) is 1. The molecule has 2 aliphatic rings. The van der Waals surface area contributed by atoms with Crippen molar-refractivity contribution in [3.63, 3.8) is 0 Å². The van der Waals surface area contributed by atoms with Crippen molar-refractivity contribution in [1.82, 2.24) is 10.2 Å². The van der Waals surface area contributed by atoms with Crippen LogP contribution in [0.25, 0.3) is 0 Å². The molecule has 2 bridgehead atoms. The second-order valence-electron chi connectivity index (χ2n) is 5.51. The second-order valence-corrected chi connectivity index (χ2v) is 5.51. The van der Waals surface area contributed by atoms with Gasteiger partial charge >= 0.3 is 0 Å². The van der Waals surface area contributed by atoms with Crippen molar-refractivity contribution in [2.75, 3.05) is 20.1 Å². The molecule has 3 unspecified atom stereocenters. The first kappa shape index (κ1) is 11.2. The van der Waals surface area contributed by atoms with Crippen LogP contribution < -0.4 is 5.32 Å². The molecule has 2 heteroatoms. The van der Waals surface area contributed by atoms with Gasteiger partial charge in [-0.05, 0) is 37.8 Å². The number of likely N-dealkylation sites (tertiary alicyclic amines) is 1. The zero-order valence-corrected chi connectivity index (χ0v) is 10.6. The van der Waals surface area contributed by atoms with Gasteiger partial charge in [-0.1, -0.05) is 30.3 Å². The standard InChI is InChI=1S/C15H22N2/c1-16-10-15(13-5-3-2-4-6-13)17-11-12-7-8-14(17)9-12/h2-6,12,14-16H,7-11H2,1H3. The lowest BCUT2D eigenvalue weighted by Gasteiger charge is -2.35. The normalized spacial score (nSPS) is 29.7. The molecule has 17 heavy (non-hydrogen) atoms. The summed E-state index contributed by atoms with van der Waals surface area (Å²) in [5.41, 5.74) is 1.47. The van der Waals surface area contributed by atoms with E-state index >= 15 is 0 Å². The van der Waals surface area contributed by atoms with Gasteiger partial charge in [-0.3, -0.25) is 4.90 Å². The van der Waals surface area contributed by atoms with Gasteiger partial charge in [0.25, 0.3) is 0 Å². The summed E-state index contributed by atoms with van der Waals surface area (Å²) in [6.07, 6.45) is 4.31. The zero-order valence-electron chi connectivity index (χ0n) is 10.6. The molecule has 0 amide bonds. The first-order chi connectivity index (χ1) is 8.38. The maximum atomic E-state index is 3.36. The fourth-order valence-corrected chi connectivity index (χ4v) is 3.64. The second kappa shape index (κ2) is 4.79. The molecule has 1 aromatic rings. The minimum Gasteiger partial charge on any atom is -0.318 e. The molecule has 1 saturated heterocycles. The van der Waals surface area contributed by atoms with Crippen molar-refractivity contribution in [2.24, 2.45) is 5.92 Å². The Hall–Kier alpha value is -0.860. The molecular formula is C15H22N2. The van der Waals surface area contributed by atoms with E-state index in [4.69, 9.17) is 0 Å². The van der Waals surface area contributed by atoms with Gasteiger partial charge in [-0.15, -0.1) is 0 Å². The van der Waals surface area contributed by atoms with Crippen LogP contribution >= 0.6 is 0 Å². The van der Waals surface area contributed by atoms with Gasteiger partial charge in [0.05, 0.1) is 0 Å². The number of nitrogens with one attached hydrogen (secondary N) is 1. The van der Waals surface area contributed by atoms with E-state index in [-0.39, 0.29) is 0 Å². The van der Waals surface area contributed by atoms with E-state index in [1.54, 1.807) is 0 Å². The van der Waals surface area contributed by atoms with Crippen LogP contribution in [0.5, 0.6) is 0 Å². The van der Waals surface area contributed by atoms with Crippen LogP contribution in [0, 0.1) is 5.92 Å². The molecule has 2 nitrogen and oxygen atoms in total. The molecule has 1 N–H and O–H groups in total. The van der Waals surface area contributed by atoms with Crippen molar-refractivity contribution in [1.29, 1.82) is 0 Å². The number of hydrogen-bond donors (Lipinski definition) is 1. The van der Waals surface area contributed by atoms with Crippen molar-refractivity contribution < 1.29 is 0 Å². The van der Waals surface area contributed by atoms with Crippen molar-refractivity contribution in [3.05, 3.63) is 35.9 Å². The first-order valence-electron chi connectivity index (χ1n) is 6.84. The third-order valence-electron chi connectivity index (χ3n) is 4.43. The average molecular weight is 230 g/mol. The molecule has 2 fully saturated rings. The lowest BCUT2D eigenvalue weighted by molar-refractivity contribution is 0.148. The number of hydrogen-bond acceptors (Lipinski definition) is 2. The maximum absolute atomic E-state index is 3.36. The minimum atomic E-state index is 0.566. The van der Waals surface area contributed by atoms with Gasteiger partial charge in [0.15, 0.2) is 0 Å². The van der Waals surface area contributed by atoms with E-state index in [1.807, 2.05) is 0 Å². The van der Waals surface area contributed by atoms with E-state index < -0.39 is 0 Å². The molecular weight excluding hydrogens is 208 g/mol. The monoisotopic (exact) mass is 230 g/mol. The fourth-order valence-electron chi connectivity index (χ4n) is 3.64. The third kappa shape index (κ3) is 2.12. The summed E-state index contributed by atoms with van der Waals surface area (Å²) >= 11 is 0. The summed E-state index contributed by atoms with van der Waals surface area (Å²) in [4.78, 5) is 2.74. The number of piperidine rings is 1. The fraction of sp³-hybridized carbons (Fsp3) is 0.600. The number of rotatable bonds is 4. The Morgan fingerprint density at radius 2 is 2.12 bits per heavy atom. The molecule has 92 valence electrons. The highest BCUT2D eigenvalue weighted by atomic mass is 15.2. The summed E-state index contributed by atoms with van der Waals surface area (Å²) < 4.78 is 0. The van der Waals surface area contributed by atoms with Gasteiger partial charge in [0.1, 0.15) is 0 Å². The third-order valence-corrected chi connectivity index (χ3v) is 4.43. The van der Waals surface area contributed by atoms with Crippen LogP contribution in [0.2, 0.25) is 0 Å². The Morgan fingerprint density at radius 1 is 1.29 bits per heavy atom. The van der Waals surface area contributed by atoms with Crippen molar-refractivity contribution in [2.45, 2.75) is 31.3 Å². The first-order valence-corrected chi connectivity index (χ1v) is 6.84. The smallest absolute Gasteiger partial charge is 0.0475 e. The molecule has 1 aliphatic heterocycles. The Kier molecular flexibility index (Phi) is 3.17. The SMILES string of the molecule is CNCC(c1ccccc1)N1CC2CCC1C2. The zero-order chi connectivity index (χ0) is 11.7. The topological polar surface area (TPSA) is 15.3 Å². The van der Waals surface area contributed by atoms with Gasteiger partial charge < -0.3 is 5.32 Å². The molecule has 1 heterocycles. The van der Waals surface area contributed by atoms with E-state index in [2.05, 4.69) is 47.6 Å². The summed E-state index contributed by atoms with van der Waals surface area (Å²) in [5, 5.41) is 3.36. The highest BCUT2D eigenvalue weighted by molar-refractivity contribution is 5.20. The van der Waals surface area contributed by atoms with Gasteiger partial charge in [-0.25, -0.2) is 0 Å². The summed E-state index contributed by atoms with van der Waals surface area (Å²) in [6, 6.07) is 12.4. The van der Waals surface area contributed by atoms with E-state index in [0.717, 1.165) is 18.5 Å². The van der Waals surface area contributed by atoms with Crippen molar-refractivity contribution >= 4 is 0 Å². The molecule has 0 spiro atoms. The van der Waals surface area contributed by atoms with E-state index in [9.17, 15) is 0 Å². The highest BCUT2D eigenvalue weighted by Crippen LogP contribution is 2.41. The molecule has 3 rings (SSSR count). The van der Waals surface area contributed by atoms with Gasteiger partial charge in [-0.2, -0.15) is 0 Å². The molecule has 1 aromatic carbocycles. The summed E-state index contributed by atoms with van der Waals surface area (Å²) in [6.45, 7) is 2.37. The Balaban J connectivity index is 1.81. The van der Waals surface area contributed by atoms with Crippen LogP contribution in [-0.2, 0) is 0 Å². The van der Waals surface area contributed by atoms with Crippen LogP contribution in [0.1, 0.15) is 30.9 Å². The van der Waals surface area contributed by atoms with Gasteiger partial charge in [0.2, 0.25) is 0 Å². The van der Waals surface area contributed by atoms with Crippen molar-refractivity contribution in [3.8, 4) is 0 Å². The minimum absolute atomic E-state index is 0.566. The predicted molar refractivity (Wildman–Crippen MR) is 70.9 cm³/mol. The Morgan fingerprint density at radius 3 is 2.71 bits per heavy atom. The lowest BCUT2D eigenvalue weighted by Crippen LogP contribution is -2.39. The molecule has 0 radical (unpaired) electrons. The molecule has 0 aromatic heterocycles. The molecule has 1 aliphatic carbocycles. The number of fused-ring (bicyclic) bond motifs is 2. The van der Waals surface area contributed by atoms with Crippen LogP contribution in [0.15, 0.2) is 30.3 Å². The predicted octanol–water partition coefficient (Wildman–Crippen LogP) is 2.43. The van der Waals surface area contributed by atoms with Crippen LogP contribution in [-0.4, -0.2) is 31.1 Å². The summed E-state index contributed by atoms with van der Waals surface area (Å²) in [7, 11) is 2.06. The average Bonchev–Trinajstić information content (AvgIpc) is 2.99. The lowest BCUT2D eigenvalue weighted by atomic mass is 10.0. The van der Waals surface area contributed by atoms with Gasteiger partial charge in [0, 0.05) is 25.2 Å². The van der Waals surface area contributed by atoms with Crippen LogP contribution in [0.4, 0.5) is 0 Å².